The van der Waals surface area contributed by atoms with Crippen LogP contribution in [0.25, 0.3) is 27.7 Å². The number of Topliss-reactive ketones (excluding diaryl/α,β-unsaturated/α-hetero) is 1. The van der Waals surface area contributed by atoms with Crippen molar-refractivity contribution in [1.29, 1.82) is 5.26 Å². The summed E-state index contributed by atoms with van der Waals surface area (Å²) < 4.78 is 4.25. The third kappa shape index (κ3) is 3.15. The molecule has 0 saturated heterocycles. The molecule has 2 aromatic carbocycles. The number of hydrogen-bond donors (Lipinski definition) is 1. The van der Waals surface area contributed by atoms with Gasteiger partial charge in [0.05, 0.1) is 34.2 Å². The van der Waals surface area contributed by atoms with Crippen LogP contribution in [0.2, 0.25) is 0 Å². The molecule has 2 atom stereocenters. The number of allylic oxidation sites excluding steroid dienone is 5. The molecule has 5 nitrogen and oxygen atoms in total. The van der Waals surface area contributed by atoms with E-state index in [1.807, 2.05) is 86.9 Å². The summed E-state index contributed by atoms with van der Waals surface area (Å²) in [5, 5.41) is 21.7. The van der Waals surface area contributed by atoms with Gasteiger partial charge in [0.25, 0.3) is 0 Å². The fourth-order valence-corrected chi connectivity index (χ4v) is 6.33. The molecular weight excluding hydrogens is 458 g/mol. The van der Waals surface area contributed by atoms with Gasteiger partial charge in [-0.15, -0.1) is 0 Å². The highest BCUT2D eigenvalue weighted by molar-refractivity contribution is 6.42. The number of aliphatic hydroxyl groups is 1. The van der Waals surface area contributed by atoms with Gasteiger partial charge in [-0.2, -0.15) is 5.26 Å². The minimum absolute atomic E-state index is 0.0360. The normalized spacial score (nSPS) is 23.4. The molecule has 2 heterocycles. The Kier molecular flexibility index (Phi) is 5.00. The Morgan fingerprint density at radius 2 is 1.81 bits per heavy atom. The van der Waals surface area contributed by atoms with E-state index in [-0.39, 0.29) is 28.9 Å². The smallest absolute Gasteiger partial charge is 0.201 e. The van der Waals surface area contributed by atoms with E-state index < -0.39 is 0 Å². The SMILES string of the molecule is Cn1c(-c2ccccc2)c(C2=C(O)C(=CC3=[N+](C)C4C=CC(C#N)=CC4C3(C)C)C2=O)c2ccccc21. The molecule has 0 amide bonds. The highest BCUT2D eigenvalue weighted by atomic mass is 16.3. The number of aliphatic hydroxyl groups excluding tert-OH is 1. The molecule has 1 aromatic heterocycles. The van der Waals surface area contributed by atoms with Crippen molar-refractivity contribution >= 4 is 28.0 Å². The van der Waals surface area contributed by atoms with E-state index in [1.54, 1.807) is 0 Å². The zero-order valence-electron chi connectivity index (χ0n) is 21.4. The molecule has 2 aliphatic carbocycles. The zero-order chi connectivity index (χ0) is 26.1. The maximum absolute atomic E-state index is 13.7. The summed E-state index contributed by atoms with van der Waals surface area (Å²) in [4.78, 5) is 13.7. The van der Waals surface area contributed by atoms with Crippen LogP contribution in [-0.2, 0) is 11.8 Å². The Balaban J connectivity index is 1.51. The van der Waals surface area contributed by atoms with Gasteiger partial charge >= 0.3 is 0 Å². The standard InChI is InChI=1S/C32H27N3O2/c1-32(2)23-16-19(18-33)14-15-25(23)34(3)26(32)17-22-30(36)28(31(22)37)27-21-12-8-9-13-24(21)35(4)29(27)20-10-6-5-7-11-20/h5-17,23,25H,1-4H3/p+1. The molecule has 182 valence electrons. The molecule has 3 aromatic rings. The van der Waals surface area contributed by atoms with Crippen molar-refractivity contribution in [2.24, 2.45) is 18.4 Å². The van der Waals surface area contributed by atoms with Crippen LogP contribution in [0.3, 0.4) is 0 Å². The number of nitriles is 1. The molecule has 2 unspecified atom stereocenters. The maximum atomic E-state index is 13.7. The number of ketones is 1. The van der Waals surface area contributed by atoms with Gasteiger partial charge < -0.3 is 9.67 Å². The van der Waals surface area contributed by atoms with E-state index in [0.29, 0.717) is 16.7 Å². The Hall–Kier alpha value is -4.43. The predicted molar refractivity (Wildman–Crippen MR) is 146 cm³/mol. The van der Waals surface area contributed by atoms with Crippen molar-refractivity contribution in [3.8, 4) is 17.3 Å². The molecule has 37 heavy (non-hydrogen) atoms. The van der Waals surface area contributed by atoms with Crippen LogP contribution in [-0.4, -0.2) is 38.8 Å². The number of aromatic nitrogens is 1. The Morgan fingerprint density at radius 3 is 2.51 bits per heavy atom. The van der Waals surface area contributed by atoms with Crippen LogP contribution in [0, 0.1) is 22.7 Å². The van der Waals surface area contributed by atoms with Crippen LogP contribution < -0.4 is 0 Å². The lowest BCUT2D eigenvalue weighted by Crippen LogP contribution is -2.31. The lowest BCUT2D eigenvalue weighted by molar-refractivity contribution is -0.521. The van der Waals surface area contributed by atoms with Gasteiger partial charge in [0.2, 0.25) is 5.78 Å². The van der Waals surface area contributed by atoms with Gasteiger partial charge in [-0.1, -0.05) is 54.6 Å². The molecule has 6 rings (SSSR count). The monoisotopic (exact) mass is 486 g/mol. The number of para-hydroxylation sites is 1. The Morgan fingerprint density at radius 1 is 1.11 bits per heavy atom. The number of aryl methyl sites for hydroxylation is 1. The molecule has 0 saturated carbocycles. The third-order valence-electron chi connectivity index (χ3n) is 8.30. The van der Waals surface area contributed by atoms with Crippen molar-refractivity contribution < 1.29 is 14.5 Å². The average molecular weight is 487 g/mol. The largest absolute Gasteiger partial charge is 0.506 e. The fraction of sp³-hybridized carbons (Fsp3) is 0.219. The van der Waals surface area contributed by atoms with E-state index in [9.17, 15) is 15.2 Å². The van der Waals surface area contributed by atoms with Crippen LogP contribution >= 0.6 is 0 Å². The summed E-state index contributed by atoms with van der Waals surface area (Å²) in [7, 11) is 4.01. The summed E-state index contributed by atoms with van der Waals surface area (Å²) in [5.74, 6) is -0.0113. The van der Waals surface area contributed by atoms with Gasteiger partial charge in [0.15, 0.2) is 11.8 Å². The number of benzene rings is 2. The van der Waals surface area contributed by atoms with E-state index in [2.05, 4.69) is 35.1 Å². The van der Waals surface area contributed by atoms with E-state index in [1.165, 1.54) is 0 Å². The van der Waals surface area contributed by atoms with Crippen LogP contribution in [0.1, 0.15) is 19.4 Å². The van der Waals surface area contributed by atoms with E-state index in [4.69, 9.17) is 0 Å². The summed E-state index contributed by atoms with van der Waals surface area (Å²) >= 11 is 0. The van der Waals surface area contributed by atoms with Crippen molar-refractivity contribution in [3.63, 3.8) is 0 Å². The van der Waals surface area contributed by atoms with Crippen LogP contribution in [0.15, 0.2) is 95.8 Å². The number of carbonyl (C=O) groups is 1. The molecule has 0 fully saturated rings. The van der Waals surface area contributed by atoms with Crippen molar-refractivity contribution in [2.45, 2.75) is 19.9 Å². The van der Waals surface area contributed by atoms with Crippen molar-refractivity contribution in [1.82, 2.24) is 4.57 Å². The lowest BCUT2D eigenvalue weighted by Gasteiger charge is -2.26. The minimum atomic E-state index is -0.315. The second-order valence-corrected chi connectivity index (χ2v) is 10.6. The first-order valence-electron chi connectivity index (χ1n) is 12.5. The topological polar surface area (TPSA) is 69.0 Å². The predicted octanol–water partition coefficient (Wildman–Crippen LogP) is 5.75. The summed E-state index contributed by atoms with van der Waals surface area (Å²) in [5.41, 5.74) is 5.69. The quantitative estimate of drug-likeness (QED) is 0.379. The molecular formula is C32H28N3O2+. The van der Waals surface area contributed by atoms with Gasteiger partial charge in [-0.05, 0) is 37.6 Å². The number of fused-ring (bicyclic) bond motifs is 2. The summed E-state index contributed by atoms with van der Waals surface area (Å²) in [6, 6.07) is 20.3. The highest BCUT2D eigenvalue weighted by Gasteiger charge is 2.53. The molecule has 5 heteroatoms. The third-order valence-corrected chi connectivity index (χ3v) is 8.30. The zero-order valence-corrected chi connectivity index (χ0v) is 21.4. The Bertz CT molecular complexity index is 1700. The molecule has 0 radical (unpaired) electrons. The van der Waals surface area contributed by atoms with Crippen LogP contribution in [0.5, 0.6) is 0 Å². The van der Waals surface area contributed by atoms with E-state index >= 15 is 0 Å². The second-order valence-electron chi connectivity index (χ2n) is 10.6. The number of likely N-dealkylation sites (N-methyl/N-ethyl adjacent to an activating group) is 1. The molecule has 0 spiro atoms. The van der Waals surface area contributed by atoms with Gasteiger partial charge in [-0.25, -0.2) is 4.58 Å². The Labute approximate surface area is 216 Å². The number of rotatable bonds is 3. The molecule has 1 aliphatic heterocycles. The lowest BCUT2D eigenvalue weighted by atomic mass is 9.71. The van der Waals surface area contributed by atoms with Gasteiger partial charge in [0.1, 0.15) is 12.8 Å². The maximum Gasteiger partial charge on any atom is 0.201 e. The number of hydrogen-bond acceptors (Lipinski definition) is 3. The van der Waals surface area contributed by atoms with Crippen molar-refractivity contribution in [2.75, 3.05) is 7.05 Å². The summed E-state index contributed by atoms with van der Waals surface area (Å²) in [6.45, 7) is 4.27. The molecule has 3 aliphatic rings. The molecule has 0 bridgehead atoms. The first kappa shape index (κ1) is 23.0. The first-order chi connectivity index (χ1) is 17.8. The van der Waals surface area contributed by atoms with Gasteiger partial charge in [-0.3, -0.25) is 4.79 Å². The number of carbonyl (C=O) groups excluding carboxylic acids is 1. The first-order valence-corrected chi connectivity index (χ1v) is 12.5. The van der Waals surface area contributed by atoms with Gasteiger partial charge in [0, 0.05) is 35.2 Å². The van der Waals surface area contributed by atoms with Crippen molar-refractivity contribution in [3.05, 3.63) is 101 Å². The minimum Gasteiger partial charge on any atom is -0.506 e. The summed E-state index contributed by atoms with van der Waals surface area (Å²) in [6.07, 6.45) is 7.79. The van der Waals surface area contributed by atoms with E-state index in [0.717, 1.165) is 33.4 Å². The highest BCUT2D eigenvalue weighted by Crippen LogP contribution is 2.47. The fourth-order valence-electron chi connectivity index (χ4n) is 6.33. The molecule has 1 N–H and O–H groups in total. The second kappa shape index (κ2) is 8.04. The number of nitrogens with zero attached hydrogens (tertiary/aromatic N) is 3. The average Bonchev–Trinajstić information content (AvgIpc) is 3.30. The van der Waals surface area contributed by atoms with Crippen LogP contribution in [0.4, 0.5) is 0 Å².